The van der Waals surface area contributed by atoms with E-state index >= 15 is 0 Å². The maximum Gasteiger partial charge on any atom is 0.143 e. The zero-order chi connectivity index (χ0) is 70.0. The monoisotopic (exact) mass is 1340 g/mol. The van der Waals surface area contributed by atoms with Crippen molar-refractivity contribution in [2.45, 2.75) is 19.3 Å². The van der Waals surface area contributed by atoms with Crippen LogP contribution in [0.25, 0.3) is 121 Å². The van der Waals surface area contributed by atoms with E-state index in [9.17, 15) is 0 Å². The van der Waals surface area contributed by atoms with Gasteiger partial charge in [0.2, 0.25) is 0 Å². The van der Waals surface area contributed by atoms with Crippen LogP contribution in [-0.4, -0.2) is 0 Å². The summed E-state index contributed by atoms with van der Waals surface area (Å²) in [5.41, 5.74) is 30.4. The maximum atomic E-state index is 6.48. The topological polar surface area (TPSA) is 22.9 Å². The van der Waals surface area contributed by atoms with Gasteiger partial charge in [-0.15, -0.1) is 0 Å². The molecule has 1 aliphatic rings. The molecule has 17 aromatic carbocycles. The van der Waals surface area contributed by atoms with Crippen molar-refractivity contribution in [1.29, 1.82) is 0 Å². The summed E-state index contributed by atoms with van der Waals surface area (Å²) in [6.45, 7) is 4.79. The van der Waals surface area contributed by atoms with Crippen LogP contribution in [0.1, 0.15) is 25.0 Å². The fourth-order valence-corrected chi connectivity index (χ4v) is 16.1. The van der Waals surface area contributed by atoms with E-state index in [1.165, 1.54) is 66.1 Å². The molecule has 0 spiro atoms. The van der Waals surface area contributed by atoms with Gasteiger partial charge in [-0.3, -0.25) is 0 Å². The summed E-state index contributed by atoms with van der Waals surface area (Å²) in [6.07, 6.45) is 0. The number of rotatable bonds is 15. The summed E-state index contributed by atoms with van der Waals surface area (Å²) < 4.78 is 6.48. The summed E-state index contributed by atoms with van der Waals surface area (Å²) in [6, 6.07) is 144. The highest BCUT2D eigenvalue weighted by atomic mass is 16.3. The Morgan fingerprint density at radius 2 is 0.524 bits per heavy atom. The van der Waals surface area contributed by atoms with E-state index in [-0.39, 0.29) is 5.41 Å². The van der Waals surface area contributed by atoms with Gasteiger partial charge in [0, 0.05) is 72.3 Å². The quantitative estimate of drug-likeness (QED) is 0.102. The summed E-state index contributed by atoms with van der Waals surface area (Å²) in [4.78, 5) is 7.23. The number of fused-ring (bicyclic) bond motifs is 8. The molecule has 0 saturated carbocycles. The molecule has 19 rings (SSSR count). The molecule has 105 heavy (non-hydrogen) atoms. The molecule has 0 unspecified atom stereocenters. The van der Waals surface area contributed by atoms with Crippen LogP contribution in [0.15, 0.2) is 399 Å². The lowest BCUT2D eigenvalue weighted by molar-refractivity contribution is 0.660. The third-order valence-corrected chi connectivity index (χ3v) is 21.5. The van der Waals surface area contributed by atoms with Gasteiger partial charge in [-0.25, -0.2) is 0 Å². The Hall–Kier alpha value is -13.5. The molecule has 0 radical (unpaired) electrons. The third kappa shape index (κ3) is 11.4. The molecule has 0 bridgehead atoms. The van der Waals surface area contributed by atoms with Crippen LogP contribution < -0.4 is 14.7 Å². The standard InChI is InChI=1S/C101H71N3O/c1-101(2)95-66-86(103(97-34-16-25-76-23-9-11-29-88(76)97)84-55-45-72(46-56-84)69-21-7-4-8-22-69)61-63-91(95)92-64-62-87(67-96(92)101)104(98-35-17-26-77-24-10-12-30-89(77)98)85-57-47-75(48-58-85)80-28-15-27-79(65-80)74-39-37-70(38-40-74)73-43-53-82(54-44-73)102(81-51-41-71(42-52-81)68-19-5-3-6-20-68)83-59-49-78(50-60-83)90-32-18-33-94-93-31-13-14-36-99(93)105-100(90)94/h3-67H,1-2H3. The predicted octanol–water partition coefficient (Wildman–Crippen LogP) is 28.6. The van der Waals surface area contributed by atoms with Gasteiger partial charge in [0.25, 0.3) is 0 Å². The van der Waals surface area contributed by atoms with Crippen molar-refractivity contribution in [3.8, 4) is 77.9 Å². The molecule has 1 heterocycles. The van der Waals surface area contributed by atoms with E-state index in [4.69, 9.17) is 4.42 Å². The van der Waals surface area contributed by atoms with E-state index < -0.39 is 0 Å². The fourth-order valence-electron chi connectivity index (χ4n) is 16.1. The molecule has 18 aromatic rings. The Kier molecular flexibility index (Phi) is 15.5. The van der Waals surface area contributed by atoms with E-state index in [0.29, 0.717) is 0 Å². The van der Waals surface area contributed by atoms with Crippen molar-refractivity contribution in [3.05, 3.63) is 405 Å². The summed E-state index contributed by atoms with van der Waals surface area (Å²) >= 11 is 0. The zero-order valence-electron chi connectivity index (χ0n) is 58.3. The van der Waals surface area contributed by atoms with Gasteiger partial charge in [0.05, 0.1) is 11.4 Å². The molecule has 496 valence electrons. The second-order valence-corrected chi connectivity index (χ2v) is 28.0. The largest absolute Gasteiger partial charge is 0.455 e. The average Bonchev–Trinajstić information content (AvgIpc) is 1.58. The van der Waals surface area contributed by atoms with Gasteiger partial charge in [-0.05, 0) is 203 Å². The van der Waals surface area contributed by atoms with Crippen LogP contribution >= 0.6 is 0 Å². The van der Waals surface area contributed by atoms with E-state index in [0.717, 1.165) is 118 Å². The van der Waals surface area contributed by atoms with Gasteiger partial charge in [-0.2, -0.15) is 0 Å². The Labute approximate surface area is 612 Å². The minimum atomic E-state index is -0.324. The highest BCUT2D eigenvalue weighted by Crippen LogP contribution is 2.54. The number of hydrogen-bond donors (Lipinski definition) is 0. The summed E-state index contributed by atoms with van der Waals surface area (Å²) in [7, 11) is 0. The van der Waals surface area contributed by atoms with Crippen molar-refractivity contribution in [1.82, 2.24) is 0 Å². The van der Waals surface area contributed by atoms with E-state index in [2.05, 4.69) is 411 Å². The highest BCUT2D eigenvalue weighted by molar-refractivity contribution is 6.10. The third-order valence-electron chi connectivity index (χ3n) is 21.5. The van der Waals surface area contributed by atoms with Crippen molar-refractivity contribution < 1.29 is 4.42 Å². The lowest BCUT2D eigenvalue weighted by Crippen LogP contribution is -2.18. The minimum absolute atomic E-state index is 0.324. The molecule has 0 amide bonds. The molecule has 0 atom stereocenters. The van der Waals surface area contributed by atoms with E-state index in [1.807, 2.05) is 12.1 Å². The van der Waals surface area contributed by atoms with Crippen molar-refractivity contribution >= 4 is 94.7 Å². The molecular weight excluding hydrogens is 1270 g/mol. The first-order valence-corrected chi connectivity index (χ1v) is 36.2. The summed E-state index contributed by atoms with van der Waals surface area (Å²) in [5, 5.41) is 7.05. The van der Waals surface area contributed by atoms with Gasteiger partial charge in [0.15, 0.2) is 0 Å². The highest BCUT2D eigenvalue weighted by Gasteiger charge is 2.37. The molecule has 0 N–H and O–H groups in total. The zero-order valence-corrected chi connectivity index (χ0v) is 58.3. The smallest absolute Gasteiger partial charge is 0.143 e. The minimum Gasteiger partial charge on any atom is -0.455 e. The number of hydrogen-bond acceptors (Lipinski definition) is 4. The van der Waals surface area contributed by atoms with Crippen molar-refractivity contribution in [3.63, 3.8) is 0 Å². The summed E-state index contributed by atoms with van der Waals surface area (Å²) in [5.74, 6) is 0. The fraction of sp³-hybridized carbons (Fsp3) is 0.0297. The van der Waals surface area contributed by atoms with Crippen LogP contribution in [0, 0.1) is 0 Å². The molecule has 0 saturated heterocycles. The Morgan fingerprint density at radius 3 is 0.981 bits per heavy atom. The van der Waals surface area contributed by atoms with Crippen molar-refractivity contribution in [2.75, 3.05) is 14.7 Å². The number of nitrogens with zero attached hydrogens (tertiary/aromatic N) is 3. The van der Waals surface area contributed by atoms with Crippen LogP contribution in [0.5, 0.6) is 0 Å². The molecular formula is C101H71N3O. The van der Waals surface area contributed by atoms with Gasteiger partial charge < -0.3 is 19.1 Å². The number of para-hydroxylation sites is 2. The lowest BCUT2D eigenvalue weighted by atomic mass is 9.82. The lowest BCUT2D eigenvalue weighted by Gasteiger charge is -2.30. The van der Waals surface area contributed by atoms with Crippen molar-refractivity contribution in [2.24, 2.45) is 0 Å². The second-order valence-electron chi connectivity index (χ2n) is 28.0. The Morgan fingerprint density at radius 1 is 0.210 bits per heavy atom. The number of furan rings is 1. The normalized spacial score (nSPS) is 12.2. The first kappa shape index (κ1) is 62.5. The molecule has 4 nitrogen and oxygen atoms in total. The Bertz CT molecular complexity index is 6250. The predicted molar refractivity (Wildman–Crippen MR) is 443 cm³/mol. The second kappa shape index (κ2) is 26.1. The molecule has 1 aromatic heterocycles. The van der Waals surface area contributed by atoms with Crippen LogP contribution in [0.3, 0.4) is 0 Å². The number of anilines is 9. The van der Waals surface area contributed by atoms with Gasteiger partial charge in [-0.1, -0.05) is 299 Å². The first-order valence-electron chi connectivity index (χ1n) is 36.2. The molecule has 0 fully saturated rings. The number of benzene rings is 17. The first-order chi connectivity index (χ1) is 51.8. The van der Waals surface area contributed by atoms with Gasteiger partial charge in [0.1, 0.15) is 11.2 Å². The Balaban J connectivity index is 0.604. The molecule has 1 aliphatic carbocycles. The van der Waals surface area contributed by atoms with Crippen LogP contribution in [0.2, 0.25) is 0 Å². The van der Waals surface area contributed by atoms with Crippen LogP contribution in [-0.2, 0) is 5.41 Å². The average molecular weight is 1340 g/mol. The van der Waals surface area contributed by atoms with Crippen LogP contribution in [0.4, 0.5) is 51.2 Å². The van der Waals surface area contributed by atoms with Gasteiger partial charge >= 0.3 is 0 Å². The molecule has 4 heteroatoms. The molecule has 0 aliphatic heterocycles. The maximum absolute atomic E-state index is 6.48. The SMILES string of the molecule is CC1(C)c2cc(N(c3ccc(-c4ccccc4)cc3)c3cccc4ccccc34)ccc2-c2ccc(N(c3ccc(-c4cccc(-c5ccc(-c6ccc(N(c7ccc(-c8ccccc8)cc7)c7ccc(-c8cccc9c8oc8ccccc89)cc7)cc6)cc5)c4)cc3)c3cccc4ccccc34)cc21. The van der Waals surface area contributed by atoms with E-state index in [1.54, 1.807) is 0 Å².